The molecular formula is C22H22N6O. The van der Waals surface area contributed by atoms with E-state index >= 15 is 0 Å². The molecule has 0 N–H and O–H groups in total. The summed E-state index contributed by atoms with van der Waals surface area (Å²) in [4.78, 5) is 20.8. The van der Waals surface area contributed by atoms with Crippen LogP contribution in [0.1, 0.15) is 12.5 Å². The van der Waals surface area contributed by atoms with Gasteiger partial charge in [-0.2, -0.15) is 0 Å². The van der Waals surface area contributed by atoms with E-state index in [0.717, 1.165) is 66.8 Å². The highest BCUT2D eigenvalue weighted by molar-refractivity contribution is 5.82. The molecule has 7 heteroatoms. The third kappa shape index (κ3) is 3.34. The molecule has 4 aromatic rings. The number of rotatable bonds is 4. The fraction of sp³-hybridized carbons (Fsp3) is 0.273. The molecule has 0 saturated carbocycles. The second-order valence-corrected chi connectivity index (χ2v) is 7.02. The van der Waals surface area contributed by atoms with Crippen molar-refractivity contribution in [2.24, 2.45) is 0 Å². The minimum Gasteiger partial charge on any atom is -0.378 e. The maximum atomic E-state index is 5.43. The molecule has 0 spiro atoms. The summed E-state index contributed by atoms with van der Waals surface area (Å²) < 4.78 is 7.48. The van der Waals surface area contributed by atoms with E-state index in [4.69, 9.17) is 14.7 Å². The van der Waals surface area contributed by atoms with E-state index in [-0.39, 0.29) is 0 Å². The van der Waals surface area contributed by atoms with Crippen LogP contribution in [0.3, 0.4) is 0 Å². The van der Waals surface area contributed by atoms with E-state index in [0.29, 0.717) is 0 Å². The van der Waals surface area contributed by atoms with E-state index in [1.165, 1.54) is 5.56 Å². The zero-order valence-electron chi connectivity index (χ0n) is 16.3. The number of ether oxygens (including phenoxy) is 1. The molecule has 5 rings (SSSR count). The normalized spacial score (nSPS) is 14.4. The van der Waals surface area contributed by atoms with Crippen molar-refractivity contribution in [1.29, 1.82) is 0 Å². The standard InChI is InChI=1S/C22H22N6O/c1-2-16-3-5-21(24-13-16)28-19-15-23-8-7-18(19)26-22(28)17-4-6-20(25-14-17)27-9-11-29-12-10-27/h3-8,13-15H,2,9-12H2,1H3. The molecule has 0 aliphatic carbocycles. The van der Waals surface area contributed by atoms with E-state index in [1.54, 1.807) is 6.20 Å². The number of anilines is 1. The quantitative estimate of drug-likeness (QED) is 0.536. The monoisotopic (exact) mass is 386 g/mol. The van der Waals surface area contributed by atoms with Crippen molar-refractivity contribution in [2.75, 3.05) is 31.2 Å². The van der Waals surface area contributed by atoms with Crippen molar-refractivity contribution in [3.8, 4) is 17.2 Å². The minimum atomic E-state index is 0.742. The summed E-state index contributed by atoms with van der Waals surface area (Å²) in [7, 11) is 0. The van der Waals surface area contributed by atoms with Crippen molar-refractivity contribution < 1.29 is 4.74 Å². The molecule has 1 fully saturated rings. The molecule has 0 atom stereocenters. The Balaban J connectivity index is 1.59. The first kappa shape index (κ1) is 17.8. The van der Waals surface area contributed by atoms with Gasteiger partial charge < -0.3 is 9.64 Å². The van der Waals surface area contributed by atoms with Gasteiger partial charge in [0.15, 0.2) is 0 Å². The fourth-order valence-electron chi connectivity index (χ4n) is 3.61. The SMILES string of the molecule is CCc1ccc(-n2c(-c3ccc(N4CCOCC4)nc3)nc3ccncc32)nc1. The summed E-state index contributed by atoms with van der Waals surface area (Å²) in [5.41, 5.74) is 3.96. The number of fused-ring (bicyclic) bond motifs is 1. The van der Waals surface area contributed by atoms with Gasteiger partial charge in [-0.25, -0.2) is 15.0 Å². The molecule has 0 bridgehead atoms. The van der Waals surface area contributed by atoms with Crippen LogP contribution in [0, 0.1) is 0 Å². The average Bonchev–Trinajstić information content (AvgIpc) is 3.19. The number of aryl methyl sites for hydroxylation is 1. The molecule has 0 aromatic carbocycles. The predicted octanol–water partition coefficient (Wildman–Crippen LogP) is 3.28. The van der Waals surface area contributed by atoms with E-state index < -0.39 is 0 Å². The maximum absolute atomic E-state index is 5.43. The Labute approximate surface area is 169 Å². The van der Waals surface area contributed by atoms with Crippen molar-refractivity contribution in [2.45, 2.75) is 13.3 Å². The van der Waals surface area contributed by atoms with Crippen LogP contribution in [0.2, 0.25) is 0 Å². The number of hydrogen-bond acceptors (Lipinski definition) is 6. The number of hydrogen-bond donors (Lipinski definition) is 0. The van der Waals surface area contributed by atoms with E-state index in [1.807, 2.05) is 35.3 Å². The first-order valence-electron chi connectivity index (χ1n) is 9.90. The van der Waals surface area contributed by atoms with Crippen LogP contribution in [0.25, 0.3) is 28.2 Å². The van der Waals surface area contributed by atoms with Gasteiger partial charge in [0.2, 0.25) is 0 Å². The molecule has 0 amide bonds. The zero-order chi connectivity index (χ0) is 19.6. The lowest BCUT2D eigenvalue weighted by atomic mass is 10.2. The third-order valence-corrected chi connectivity index (χ3v) is 5.24. The summed E-state index contributed by atoms with van der Waals surface area (Å²) in [6.45, 7) is 5.34. The lowest BCUT2D eigenvalue weighted by Gasteiger charge is -2.27. The van der Waals surface area contributed by atoms with Gasteiger partial charge in [0.25, 0.3) is 0 Å². The van der Waals surface area contributed by atoms with Crippen LogP contribution in [0.4, 0.5) is 5.82 Å². The lowest BCUT2D eigenvalue weighted by Crippen LogP contribution is -2.36. The number of imidazole rings is 1. The van der Waals surface area contributed by atoms with Gasteiger partial charge >= 0.3 is 0 Å². The third-order valence-electron chi connectivity index (χ3n) is 5.24. The highest BCUT2D eigenvalue weighted by atomic mass is 16.5. The smallest absolute Gasteiger partial charge is 0.148 e. The van der Waals surface area contributed by atoms with Gasteiger partial charge in [-0.3, -0.25) is 9.55 Å². The van der Waals surface area contributed by atoms with Crippen LogP contribution in [0.5, 0.6) is 0 Å². The first-order valence-corrected chi connectivity index (χ1v) is 9.90. The molecule has 0 unspecified atom stereocenters. The Morgan fingerprint density at radius 2 is 1.76 bits per heavy atom. The van der Waals surface area contributed by atoms with Crippen molar-refractivity contribution in [3.63, 3.8) is 0 Å². The van der Waals surface area contributed by atoms with Crippen LogP contribution in [0.15, 0.2) is 55.1 Å². The summed E-state index contributed by atoms with van der Waals surface area (Å²) in [6.07, 6.45) is 8.35. The van der Waals surface area contributed by atoms with Crippen LogP contribution in [-0.2, 0) is 11.2 Å². The summed E-state index contributed by atoms with van der Waals surface area (Å²) in [6, 6.07) is 10.2. The number of aromatic nitrogens is 5. The van der Waals surface area contributed by atoms with Gasteiger partial charge in [-0.15, -0.1) is 0 Å². The second kappa shape index (κ2) is 7.60. The van der Waals surface area contributed by atoms with Gasteiger partial charge in [0.05, 0.1) is 30.4 Å². The Morgan fingerprint density at radius 1 is 0.931 bits per heavy atom. The lowest BCUT2D eigenvalue weighted by molar-refractivity contribution is 0.122. The molecule has 5 heterocycles. The topological polar surface area (TPSA) is 69.0 Å². The molecule has 4 aromatic heterocycles. The molecule has 7 nitrogen and oxygen atoms in total. The highest BCUT2D eigenvalue weighted by Crippen LogP contribution is 2.28. The Hall–Kier alpha value is -3.32. The van der Waals surface area contributed by atoms with E-state index in [2.05, 4.69) is 40.0 Å². The average molecular weight is 386 g/mol. The summed E-state index contributed by atoms with van der Waals surface area (Å²) in [5.74, 6) is 2.60. The maximum Gasteiger partial charge on any atom is 0.148 e. The molecular weight excluding hydrogens is 364 g/mol. The molecule has 0 radical (unpaired) electrons. The molecule has 1 aliphatic heterocycles. The van der Waals surface area contributed by atoms with Crippen molar-refractivity contribution in [3.05, 3.63) is 60.7 Å². The van der Waals surface area contributed by atoms with Gasteiger partial charge in [0, 0.05) is 37.2 Å². The number of morpholine rings is 1. The van der Waals surface area contributed by atoms with Crippen molar-refractivity contribution in [1.82, 2.24) is 24.5 Å². The van der Waals surface area contributed by atoms with Gasteiger partial charge in [-0.1, -0.05) is 13.0 Å². The number of pyridine rings is 3. The van der Waals surface area contributed by atoms with Crippen LogP contribution < -0.4 is 4.90 Å². The molecule has 1 saturated heterocycles. The zero-order valence-corrected chi connectivity index (χ0v) is 16.3. The fourth-order valence-corrected chi connectivity index (χ4v) is 3.61. The summed E-state index contributed by atoms with van der Waals surface area (Å²) >= 11 is 0. The van der Waals surface area contributed by atoms with Crippen LogP contribution in [-0.4, -0.2) is 50.8 Å². The number of nitrogens with zero attached hydrogens (tertiary/aromatic N) is 6. The van der Waals surface area contributed by atoms with Gasteiger partial charge in [0.1, 0.15) is 17.5 Å². The van der Waals surface area contributed by atoms with Gasteiger partial charge in [-0.05, 0) is 36.2 Å². The Kier molecular flexibility index (Phi) is 4.65. The molecule has 146 valence electrons. The van der Waals surface area contributed by atoms with E-state index in [9.17, 15) is 0 Å². The highest BCUT2D eigenvalue weighted by Gasteiger charge is 2.17. The molecule has 1 aliphatic rings. The minimum absolute atomic E-state index is 0.742. The Morgan fingerprint density at radius 3 is 2.48 bits per heavy atom. The van der Waals surface area contributed by atoms with Crippen molar-refractivity contribution >= 4 is 16.9 Å². The summed E-state index contributed by atoms with van der Waals surface area (Å²) in [5, 5.41) is 0. The molecule has 29 heavy (non-hydrogen) atoms. The Bertz CT molecular complexity index is 1110. The first-order chi connectivity index (χ1) is 14.3. The largest absolute Gasteiger partial charge is 0.378 e. The predicted molar refractivity (Wildman–Crippen MR) is 112 cm³/mol. The van der Waals surface area contributed by atoms with Crippen LogP contribution >= 0.6 is 0 Å². The second-order valence-electron chi connectivity index (χ2n) is 7.02.